The molecule has 0 aromatic carbocycles. The van der Waals surface area contributed by atoms with Crippen molar-refractivity contribution < 1.29 is 9.53 Å². The number of hydrogen-bond donors (Lipinski definition) is 0. The van der Waals surface area contributed by atoms with Crippen molar-refractivity contribution in [1.29, 1.82) is 0 Å². The van der Waals surface area contributed by atoms with Crippen LogP contribution in [-0.2, 0) is 9.53 Å². The fraction of sp³-hybridized carbons (Fsp3) is 0.889. The van der Waals surface area contributed by atoms with Crippen LogP contribution in [0.25, 0.3) is 0 Å². The first-order chi connectivity index (χ1) is 6.27. The molecule has 0 atom stereocenters. The normalized spacial score (nSPS) is 19.5. The number of likely N-dealkylation sites (N-methyl/N-ethyl adjacent to an activating group) is 1. The van der Waals surface area contributed by atoms with E-state index in [-0.39, 0.29) is 5.91 Å². The second-order valence-electron chi connectivity index (χ2n) is 3.24. The van der Waals surface area contributed by atoms with E-state index in [9.17, 15) is 4.79 Å². The molecule has 1 saturated heterocycles. The SMILES string of the molecule is CCN1CCN(CCOC)CC1=O. The Hall–Kier alpha value is -0.610. The smallest absolute Gasteiger partial charge is 0.236 e. The number of piperazine rings is 1. The van der Waals surface area contributed by atoms with E-state index in [0.717, 1.165) is 26.2 Å². The molecule has 0 aromatic rings. The van der Waals surface area contributed by atoms with Crippen LogP contribution >= 0.6 is 0 Å². The van der Waals surface area contributed by atoms with Gasteiger partial charge in [0.05, 0.1) is 13.2 Å². The van der Waals surface area contributed by atoms with Crippen LogP contribution in [0, 0.1) is 0 Å². The first-order valence-electron chi connectivity index (χ1n) is 4.77. The molecule has 13 heavy (non-hydrogen) atoms. The third kappa shape index (κ3) is 2.97. The molecule has 1 fully saturated rings. The summed E-state index contributed by atoms with van der Waals surface area (Å²) in [6.07, 6.45) is 0. The van der Waals surface area contributed by atoms with Gasteiger partial charge in [-0.25, -0.2) is 0 Å². The lowest BCUT2D eigenvalue weighted by Crippen LogP contribution is -2.50. The van der Waals surface area contributed by atoms with E-state index in [1.807, 2.05) is 11.8 Å². The van der Waals surface area contributed by atoms with Crippen LogP contribution in [0.2, 0.25) is 0 Å². The topological polar surface area (TPSA) is 32.8 Å². The predicted octanol–water partition coefficient (Wildman–Crippen LogP) is -0.203. The molecular formula is C9H18N2O2. The van der Waals surface area contributed by atoms with Gasteiger partial charge >= 0.3 is 0 Å². The van der Waals surface area contributed by atoms with Gasteiger partial charge in [-0.3, -0.25) is 9.69 Å². The Morgan fingerprint density at radius 1 is 1.46 bits per heavy atom. The summed E-state index contributed by atoms with van der Waals surface area (Å²) in [5.41, 5.74) is 0. The van der Waals surface area contributed by atoms with Gasteiger partial charge in [-0.15, -0.1) is 0 Å². The Labute approximate surface area is 79.4 Å². The van der Waals surface area contributed by atoms with Crippen molar-refractivity contribution in [2.45, 2.75) is 6.92 Å². The second-order valence-corrected chi connectivity index (χ2v) is 3.24. The monoisotopic (exact) mass is 186 g/mol. The van der Waals surface area contributed by atoms with Crippen molar-refractivity contribution in [3.63, 3.8) is 0 Å². The van der Waals surface area contributed by atoms with Crippen LogP contribution in [-0.4, -0.2) is 62.1 Å². The van der Waals surface area contributed by atoms with Gasteiger partial charge in [0.1, 0.15) is 0 Å². The highest BCUT2D eigenvalue weighted by atomic mass is 16.5. The molecule has 76 valence electrons. The summed E-state index contributed by atoms with van der Waals surface area (Å²) in [6.45, 7) is 6.80. The molecule has 0 bridgehead atoms. The van der Waals surface area contributed by atoms with E-state index < -0.39 is 0 Å². The van der Waals surface area contributed by atoms with Crippen molar-refractivity contribution in [3.05, 3.63) is 0 Å². The zero-order chi connectivity index (χ0) is 9.68. The van der Waals surface area contributed by atoms with Gasteiger partial charge in [-0.2, -0.15) is 0 Å². The van der Waals surface area contributed by atoms with E-state index in [1.165, 1.54) is 0 Å². The summed E-state index contributed by atoms with van der Waals surface area (Å²) in [4.78, 5) is 15.5. The Morgan fingerprint density at radius 3 is 2.77 bits per heavy atom. The summed E-state index contributed by atoms with van der Waals surface area (Å²) in [5.74, 6) is 0.241. The number of rotatable bonds is 4. The molecule has 4 heteroatoms. The molecule has 0 saturated carbocycles. The van der Waals surface area contributed by atoms with Crippen LogP contribution in [0.1, 0.15) is 6.92 Å². The van der Waals surface area contributed by atoms with Crippen LogP contribution in [0.3, 0.4) is 0 Å². The van der Waals surface area contributed by atoms with E-state index in [1.54, 1.807) is 7.11 Å². The largest absolute Gasteiger partial charge is 0.383 e. The van der Waals surface area contributed by atoms with E-state index in [2.05, 4.69) is 4.90 Å². The summed E-state index contributed by atoms with van der Waals surface area (Å²) in [5, 5.41) is 0. The van der Waals surface area contributed by atoms with Crippen molar-refractivity contribution in [3.8, 4) is 0 Å². The molecule has 1 amide bonds. The highest BCUT2D eigenvalue weighted by Crippen LogP contribution is 2.01. The average Bonchev–Trinajstić information content (AvgIpc) is 2.15. The Bertz CT molecular complexity index is 173. The Kier molecular flexibility index (Phi) is 4.18. The summed E-state index contributed by atoms with van der Waals surface area (Å²) in [6, 6.07) is 0. The molecule has 0 aromatic heterocycles. The molecule has 4 nitrogen and oxygen atoms in total. The lowest BCUT2D eigenvalue weighted by Gasteiger charge is -2.33. The fourth-order valence-corrected chi connectivity index (χ4v) is 1.50. The maximum Gasteiger partial charge on any atom is 0.236 e. The molecule has 1 rings (SSSR count). The zero-order valence-corrected chi connectivity index (χ0v) is 8.45. The number of carbonyl (C=O) groups is 1. The molecule has 0 unspecified atom stereocenters. The Balaban J connectivity index is 2.28. The minimum absolute atomic E-state index is 0.241. The van der Waals surface area contributed by atoms with Crippen LogP contribution in [0.4, 0.5) is 0 Å². The lowest BCUT2D eigenvalue weighted by atomic mass is 10.3. The van der Waals surface area contributed by atoms with E-state index >= 15 is 0 Å². The average molecular weight is 186 g/mol. The minimum Gasteiger partial charge on any atom is -0.383 e. The third-order valence-corrected chi connectivity index (χ3v) is 2.39. The zero-order valence-electron chi connectivity index (χ0n) is 8.45. The maximum atomic E-state index is 11.4. The van der Waals surface area contributed by atoms with Gasteiger partial charge in [0.25, 0.3) is 0 Å². The number of methoxy groups -OCH3 is 1. The van der Waals surface area contributed by atoms with Gasteiger partial charge in [0.2, 0.25) is 5.91 Å². The number of nitrogens with zero attached hydrogens (tertiary/aromatic N) is 2. The minimum atomic E-state index is 0.241. The maximum absolute atomic E-state index is 11.4. The van der Waals surface area contributed by atoms with Gasteiger partial charge in [0.15, 0.2) is 0 Å². The summed E-state index contributed by atoms with van der Waals surface area (Å²) < 4.78 is 4.97. The lowest BCUT2D eigenvalue weighted by molar-refractivity contribution is -0.135. The Morgan fingerprint density at radius 2 is 2.23 bits per heavy atom. The number of hydrogen-bond acceptors (Lipinski definition) is 3. The van der Waals surface area contributed by atoms with Crippen molar-refractivity contribution in [2.24, 2.45) is 0 Å². The van der Waals surface area contributed by atoms with Gasteiger partial charge in [-0.05, 0) is 6.92 Å². The number of amides is 1. The molecule has 1 heterocycles. The molecule has 1 aliphatic rings. The summed E-state index contributed by atoms with van der Waals surface area (Å²) >= 11 is 0. The highest BCUT2D eigenvalue weighted by molar-refractivity contribution is 5.78. The second kappa shape index (κ2) is 5.19. The van der Waals surface area contributed by atoms with Gasteiger partial charge < -0.3 is 9.64 Å². The van der Waals surface area contributed by atoms with Crippen LogP contribution in [0.5, 0.6) is 0 Å². The fourth-order valence-electron chi connectivity index (χ4n) is 1.50. The van der Waals surface area contributed by atoms with Crippen LogP contribution < -0.4 is 0 Å². The highest BCUT2D eigenvalue weighted by Gasteiger charge is 2.21. The van der Waals surface area contributed by atoms with Crippen molar-refractivity contribution in [2.75, 3.05) is 46.4 Å². The van der Waals surface area contributed by atoms with Gasteiger partial charge in [0, 0.05) is 33.3 Å². The van der Waals surface area contributed by atoms with Crippen LogP contribution in [0.15, 0.2) is 0 Å². The first kappa shape index (κ1) is 10.5. The van der Waals surface area contributed by atoms with Gasteiger partial charge in [-0.1, -0.05) is 0 Å². The number of ether oxygens (including phenoxy) is 1. The predicted molar refractivity (Wildman–Crippen MR) is 50.6 cm³/mol. The quantitative estimate of drug-likeness (QED) is 0.609. The molecule has 0 radical (unpaired) electrons. The van der Waals surface area contributed by atoms with E-state index in [0.29, 0.717) is 13.2 Å². The number of carbonyl (C=O) groups excluding carboxylic acids is 1. The molecular weight excluding hydrogens is 168 g/mol. The molecule has 1 aliphatic heterocycles. The van der Waals surface area contributed by atoms with E-state index in [4.69, 9.17) is 4.74 Å². The van der Waals surface area contributed by atoms with Crippen molar-refractivity contribution in [1.82, 2.24) is 9.80 Å². The summed E-state index contributed by atoms with van der Waals surface area (Å²) in [7, 11) is 1.68. The standard InChI is InChI=1S/C9H18N2O2/c1-3-11-5-4-10(6-7-13-2)8-9(11)12/h3-8H2,1-2H3. The third-order valence-electron chi connectivity index (χ3n) is 2.39. The molecule has 0 spiro atoms. The molecule has 0 aliphatic carbocycles. The first-order valence-corrected chi connectivity index (χ1v) is 4.77. The molecule has 0 N–H and O–H groups in total. The van der Waals surface area contributed by atoms with Crippen molar-refractivity contribution >= 4 is 5.91 Å².